The van der Waals surface area contributed by atoms with E-state index in [1.165, 1.54) is 0 Å². The second-order valence-electron chi connectivity index (χ2n) is 5.38. The van der Waals surface area contributed by atoms with Gasteiger partial charge in [-0.2, -0.15) is 0 Å². The summed E-state index contributed by atoms with van der Waals surface area (Å²) in [5.41, 5.74) is 3.12. The molecule has 3 heteroatoms. The summed E-state index contributed by atoms with van der Waals surface area (Å²) in [6.45, 7) is 4.04. The molecule has 0 fully saturated rings. The van der Waals surface area contributed by atoms with Crippen molar-refractivity contribution in [1.82, 2.24) is 5.32 Å². The third-order valence-electron chi connectivity index (χ3n) is 3.78. The van der Waals surface area contributed by atoms with Crippen molar-refractivity contribution in [3.63, 3.8) is 0 Å². The molecule has 0 aliphatic carbocycles. The van der Waals surface area contributed by atoms with Crippen molar-refractivity contribution in [2.45, 2.75) is 32.7 Å². The van der Waals surface area contributed by atoms with Crippen LogP contribution in [0.5, 0.6) is 11.5 Å². The van der Waals surface area contributed by atoms with Crippen LogP contribution < -0.4 is 10.1 Å². The first-order valence-electron chi connectivity index (χ1n) is 7.36. The van der Waals surface area contributed by atoms with E-state index in [9.17, 15) is 4.79 Å². The van der Waals surface area contributed by atoms with Gasteiger partial charge >= 0.3 is 0 Å². The number of rotatable bonds is 3. The van der Waals surface area contributed by atoms with Crippen molar-refractivity contribution in [1.29, 1.82) is 0 Å². The van der Waals surface area contributed by atoms with Crippen LogP contribution in [-0.2, 0) is 4.79 Å². The summed E-state index contributed by atoms with van der Waals surface area (Å²) in [6.07, 6.45) is 1.39. The standard InChI is InChI=1S/C18H19NO2/c1-3-7-16(20)19-17-13-9-4-5-11-15(13)21-18-12(2)8-6-10-14(17)18/h4-6,8-11,17H,3,7H2,1-2H3,(H,19,20). The van der Waals surface area contributed by atoms with Gasteiger partial charge in [-0.3, -0.25) is 4.79 Å². The fraction of sp³-hybridized carbons (Fsp3) is 0.278. The van der Waals surface area contributed by atoms with Crippen molar-refractivity contribution in [2.75, 3.05) is 0 Å². The number of ether oxygens (including phenoxy) is 1. The van der Waals surface area contributed by atoms with Gasteiger partial charge in [-0.15, -0.1) is 0 Å². The zero-order valence-corrected chi connectivity index (χ0v) is 12.3. The third-order valence-corrected chi connectivity index (χ3v) is 3.78. The molecular formula is C18H19NO2. The molecule has 1 amide bonds. The Labute approximate surface area is 124 Å². The van der Waals surface area contributed by atoms with Gasteiger partial charge in [0.05, 0.1) is 6.04 Å². The van der Waals surface area contributed by atoms with Crippen molar-refractivity contribution in [3.8, 4) is 11.5 Å². The van der Waals surface area contributed by atoms with Gasteiger partial charge in [0.1, 0.15) is 11.5 Å². The van der Waals surface area contributed by atoms with E-state index in [0.29, 0.717) is 6.42 Å². The smallest absolute Gasteiger partial charge is 0.220 e. The summed E-state index contributed by atoms with van der Waals surface area (Å²) in [5, 5.41) is 3.14. The highest BCUT2D eigenvalue weighted by molar-refractivity contribution is 5.77. The lowest BCUT2D eigenvalue weighted by atomic mass is 9.93. The fourth-order valence-corrected chi connectivity index (χ4v) is 2.75. The zero-order chi connectivity index (χ0) is 14.8. The number of hydrogen-bond donors (Lipinski definition) is 1. The molecule has 0 bridgehead atoms. The van der Waals surface area contributed by atoms with Gasteiger partial charge in [0, 0.05) is 17.5 Å². The van der Waals surface area contributed by atoms with Crippen LogP contribution in [0.15, 0.2) is 42.5 Å². The molecule has 3 nitrogen and oxygen atoms in total. The van der Waals surface area contributed by atoms with E-state index >= 15 is 0 Å². The Morgan fingerprint density at radius 3 is 2.71 bits per heavy atom. The van der Waals surface area contributed by atoms with Crippen molar-refractivity contribution >= 4 is 5.91 Å². The quantitative estimate of drug-likeness (QED) is 0.919. The predicted molar refractivity (Wildman–Crippen MR) is 82.6 cm³/mol. The van der Waals surface area contributed by atoms with Crippen molar-refractivity contribution in [3.05, 3.63) is 59.2 Å². The molecule has 0 aromatic heterocycles. The Balaban J connectivity index is 2.06. The predicted octanol–water partition coefficient (Wildman–Crippen LogP) is 4.11. The molecule has 0 saturated carbocycles. The summed E-state index contributed by atoms with van der Waals surface area (Å²) in [6, 6.07) is 13.8. The van der Waals surface area contributed by atoms with Crippen LogP contribution in [0.3, 0.4) is 0 Å². The van der Waals surface area contributed by atoms with Gasteiger partial charge in [-0.05, 0) is 25.0 Å². The van der Waals surface area contributed by atoms with Crippen molar-refractivity contribution < 1.29 is 9.53 Å². The van der Waals surface area contributed by atoms with Gasteiger partial charge in [0.15, 0.2) is 0 Å². The van der Waals surface area contributed by atoms with Crippen LogP contribution in [0.2, 0.25) is 0 Å². The number of carbonyl (C=O) groups is 1. The molecule has 0 spiro atoms. The van der Waals surface area contributed by atoms with E-state index in [4.69, 9.17) is 4.74 Å². The summed E-state index contributed by atoms with van der Waals surface area (Å²) in [7, 11) is 0. The van der Waals surface area contributed by atoms with E-state index in [2.05, 4.69) is 5.32 Å². The number of aryl methyl sites for hydroxylation is 1. The average molecular weight is 281 g/mol. The molecule has 1 heterocycles. The molecule has 1 unspecified atom stereocenters. The van der Waals surface area contributed by atoms with Crippen LogP contribution >= 0.6 is 0 Å². The summed E-state index contributed by atoms with van der Waals surface area (Å²) < 4.78 is 6.03. The number of para-hydroxylation sites is 2. The third kappa shape index (κ3) is 2.51. The minimum absolute atomic E-state index is 0.0756. The number of amides is 1. The van der Waals surface area contributed by atoms with Crippen molar-refractivity contribution in [2.24, 2.45) is 0 Å². The maximum Gasteiger partial charge on any atom is 0.220 e. The Kier molecular flexibility index (Phi) is 3.65. The maximum absolute atomic E-state index is 12.1. The molecule has 3 rings (SSSR count). The highest BCUT2D eigenvalue weighted by atomic mass is 16.5. The Hall–Kier alpha value is -2.29. The zero-order valence-electron chi connectivity index (χ0n) is 12.3. The van der Waals surface area contributed by atoms with E-state index in [1.807, 2.05) is 56.3 Å². The Morgan fingerprint density at radius 1 is 1.14 bits per heavy atom. The van der Waals surface area contributed by atoms with Crippen LogP contribution in [0.25, 0.3) is 0 Å². The lowest BCUT2D eigenvalue weighted by molar-refractivity contribution is -0.121. The molecule has 21 heavy (non-hydrogen) atoms. The SMILES string of the molecule is CCCC(=O)NC1c2ccccc2Oc2c(C)cccc21. The van der Waals surface area contributed by atoms with Crippen LogP contribution in [0.4, 0.5) is 0 Å². The van der Waals surface area contributed by atoms with Gasteiger partial charge in [0.25, 0.3) is 0 Å². The van der Waals surface area contributed by atoms with E-state index in [1.54, 1.807) is 0 Å². The van der Waals surface area contributed by atoms with Gasteiger partial charge in [0.2, 0.25) is 5.91 Å². The summed E-state index contributed by atoms with van der Waals surface area (Å²) >= 11 is 0. The largest absolute Gasteiger partial charge is 0.456 e. The summed E-state index contributed by atoms with van der Waals surface area (Å²) in [4.78, 5) is 12.1. The highest BCUT2D eigenvalue weighted by Gasteiger charge is 2.28. The lowest BCUT2D eigenvalue weighted by Gasteiger charge is -2.29. The number of hydrogen-bond acceptors (Lipinski definition) is 2. The molecule has 2 aromatic carbocycles. The van der Waals surface area contributed by atoms with Gasteiger partial charge < -0.3 is 10.1 Å². The Morgan fingerprint density at radius 2 is 1.90 bits per heavy atom. The maximum atomic E-state index is 12.1. The molecule has 2 aromatic rings. The molecule has 1 N–H and O–H groups in total. The van der Waals surface area contributed by atoms with E-state index in [0.717, 1.165) is 34.6 Å². The van der Waals surface area contributed by atoms with E-state index in [-0.39, 0.29) is 11.9 Å². The molecule has 1 atom stereocenters. The molecular weight excluding hydrogens is 262 g/mol. The molecule has 108 valence electrons. The first kappa shape index (κ1) is 13.7. The normalized spacial score (nSPS) is 15.6. The topological polar surface area (TPSA) is 38.3 Å². The minimum Gasteiger partial charge on any atom is -0.456 e. The fourth-order valence-electron chi connectivity index (χ4n) is 2.75. The number of benzene rings is 2. The second-order valence-corrected chi connectivity index (χ2v) is 5.38. The number of nitrogens with one attached hydrogen (secondary N) is 1. The molecule has 1 aliphatic rings. The van der Waals surface area contributed by atoms with E-state index < -0.39 is 0 Å². The van der Waals surface area contributed by atoms with Crippen LogP contribution in [-0.4, -0.2) is 5.91 Å². The molecule has 0 saturated heterocycles. The minimum atomic E-state index is -0.135. The first-order chi connectivity index (χ1) is 10.2. The van der Waals surface area contributed by atoms with Crippen LogP contribution in [0.1, 0.15) is 42.5 Å². The molecule has 1 aliphatic heterocycles. The first-order valence-corrected chi connectivity index (χ1v) is 7.36. The number of fused-ring (bicyclic) bond motifs is 2. The lowest BCUT2D eigenvalue weighted by Crippen LogP contribution is -2.31. The Bertz CT molecular complexity index is 679. The van der Waals surface area contributed by atoms with Crippen LogP contribution in [0, 0.1) is 6.92 Å². The molecule has 0 radical (unpaired) electrons. The van der Waals surface area contributed by atoms with Gasteiger partial charge in [-0.25, -0.2) is 0 Å². The number of carbonyl (C=O) groups excluding carboxylic acids is 1. The summed E-state index contributed by atoms with van der Waals surface area (Å²) in [5.74, 6) is 1.76. The monoisotopic (exact) mass is 281 g/mol. The second kappa shape index (κ2) is 5.60. The average Bonchev–Trinajstić information content (AvgIpc) is 2.48. The highest BCUT2D eigenvalue weighted by Crippen LogP contribution is 2.44. The van der Waals surface area contributed by atoms with Gasteiger partial charge in [-0.1, -0.05) is 43.3 Å².